The zero-order valence-corrected chi connectivity index (χ0v) is 10.4. The van der Waals surface area contributed by atoms with Crippen LogP contribution in [-0.4, -0.2) is 25.9 Å². The van der Waals surface area contributed by atoms with Gasteiger partial charge in [-0.3, -0.25) is 9.11 Å². The molecule has 0 amide bonds. The average Bonchev–Trinajstić information content (AvgIpc) is 2.13. The predicted octanol–water partition coefficient (Wildman–Crippen LogP) is -0.0529. The number of hydrogen-bond acceptors (Lipinski definition) is 5. The summed E-state index contributed by atoms with van der Waals surface area (Å²) in [6, 6.07) is 1.87. The van der Waals surface area contributed by atoms with E-state index in [9.17, 15) is 16.8 Å². The summed E-state index contributed by atoms with van der Waals surface area (Å²) in [5.41, 5.74) is 5.49. The van der Waals surface area contributed by atoms with Crippen molar-refractivity contribution in [1.29, 1.82) is 0 Å². The molecule has 0 saturated carbocycles. The molecule has 0 spiro atoms. The van der Waals surface area contributed by atoms with Gasteiger partial charge in [0.25, 0.3) is 20.2 Å². The van der Waals surface area contributed by atoms with E-state index in [2.05, 4.69) is 0 Å². The Bertz CT molecular complexity index is 647. The van der Waals surface area contributed by atoms with Crippen molar-refractivity contribution in [3.63, 3.8) is 0 Å². The van der Waals surface area contributed by atoms with Crippen LogP contribution in [0.1, 0.15) is 11.1 Å². The Labute approximate surface area is 98.8 Å². The maximum Gasteiger partial charge on any atom is 0.294 e. The molecule has 17 heavy (non-hydrogen) atoms. The van der Waals surface area contributed by atoms with Gasteiger partial charge in [-0.25, -0.2) is 0 Å². The van der Waals surface area contributed by atoms with Crippen LogP contribution in [0.2, 0.25) is 0 Å². The van der Waals surface area contributed by atoms with Crippen molar-refractivity contribution in [2.45, 2.75) is 23.3 Å². The lowest BCUT2D eigenvalue weighted by molar-refractivity contribution is 0.479. The van der Waals surface area contributed by atoms with Crippen molar-refractivity contribution in [1.82, 2.24) is 0 Å². The maximum atomic E-state index is 11.0. The summed E-state index contributed by atoms with van der Waals surface area (Å²) in [7, 11) is -9.16. The number of rotatable bonds is 3. The lowest BCUT2D eigenvalue weighted by Crippen LogP contribution is -2.11. The fourth-order valence-electron chi connectivity index (χ4n) is 1.41. The third kappa shape index (κ3) is 3.01. The number of benzene rings is 1. The van der Waals surface area contributed by atoms with Crippen LogP contribution in [0.25, 0.3) is 0 Å². The SMILES string of the molecule is Cc1cc(CN)c(S(=O)(=O)O)cc1S(=O)(=O)O. The molecule has 0 aliphatic rings. The lowest BCUT2D eigenvalue weighted by Gasteiger charge is -2.09. The molecule has 0 radical (unpaired) electrons. The minimum atomic E-state index is -4.60. The molecule has 7 nitrogen and oxygen atoms in total. The van der Waals surface area contributed by atoms with E-state index in [1.807, 2.05) is 0 Å². The molecule has 1 rings (SSSR count). The smallest absolute Gasteiger partial charge is 0.294 e. The first-order chi connectivity index (χ1) is 7.57. The van der Waals surface area contributed by atoms with Gasteiger partial charge in [0.2, 0.25) is 0 Å². The van der Waals surface area contributed by atoms with Crippen LogP contribution in [0.4, 0.5) is 0 Å². The molecule has 0 heterocycles. The molecule has 96 valence electrons. The Morgan fingerprint density at radius 3 is 1.88 bits per heavy atom. The fraction of sp³-hybridized carbons (Fsp3) is 0.250. The lowest BCUT2D eigenvalue weighted by atomic mass is 10.1. The topological polar surface area (TPSA) is 135 Å². The maximum absolute atomic E-state index is 11.0. The largest absolute Gasteiger partial charge is 0.326 e. The van der Waals surface area contributed by atoms with E-state index in [0.717, 1.165) is 0 Å². The van der Waals surface area contributed by atoms with Gasteiger partial charge < -0.3 is 5.73 Å². The molecule has 4 N–H and O–H groups in total. The van der Waals surface area contributed by atoms with Gasteiger partial charge in [0.1, 0.15) is 0 Å². The fourth-order valence-corrected chi connectivity index (χ4v) is 2.95. The second-order valence-electron chi connectivity index (χ2n) is 3.38. The molecule has 0 unspecified atom stereocenters. The highest BCUT2D eigenvalue weighted by Gasteiger charge is 2.21. The van der Waals surface area contributed by atoms with E-state index < -0.39 is 30.0 Å². The quantitative estimate of drug-likeness (QED) is 0.661. The number of aryl methyl sites for hydroxylation is 1. The van der Waals surface area contributed by atoms with E-state index in [1.165, 1.54) is 13.0 Å². The van der Waals surface area contributed by atoms with Crippen LogP contribution in [-0.2, 0) is 26.8 Å². The van der Waals surface area contributed by atoms with Gasteiger partial charge in [-0.1, -0.05) is 6.07 Å². The highest BCUT2D eigenvalue weighted by molar-refractivity contribution is 7.86. The van der Waals surface area contributed by atoms with E-state index in [4.69, 9.17) is 14.8 Å². The molecule has 0 aromatic heterocycles. The molecular weight excluding hydrogens is 270 g/mol. The van der Waals surface area contributed by atoms with Gasteiger partial charge in [-0.05, 0) is 24.1 Å². The minimum Gasteiger partial charge on any atom is -0.326 e. The summed E-state index contributed by atoms with van der Waals surface area (Å²) < 4.78 is 61.8. The highest BCUT2D eigenvalue weighted by Crippen LogP contribution is 2.23. The summed E-state index contributed by atoms with van der Waals surface area (Å²) in [5, 5.41) is 0. The number of nitrogens with two attached hydrogens (primary N) is 1. The molecule has 0 aliphatic carbocycles. The highest BCUT2D eigenvalue weighted by atomic mass is 32.2. The van der Waals surface area contributed by atoms with E-state index in [1.54, 1.807) is 0 Å². The summed E-state index contributed by atoms with van der Waals surface area (Å²) in [5.74, 6) is 0. The molecule has 0 bridgehead atoms. The van der Waals surface area contributed by atoms with E-state index >= 15 is 0 Å². The average molecular weight is 281 g/mol. The zero-order chi connectivity index (χ0) is 13.4. The Kier molecular flexibility index (Phi) is 3.60. The monoisotopic (exact) mass is 281 g/mol. The van der Waals surface area contributed by atoms with Crippen LogP contribution in [0, 0.1) is 6.92 Å². The summed E-state index contributed by atoms with van der Waals surface area (Å²) in [6.07, 6.45) is 0. The van der Waals surface area contributed by atoms with Crippen LogP contribution in [0.3, 0.4) is 0 Å². The van der Waals surface area contributed by atoms with Crippen LogP contribution < -0.4 is 5.73 Å². The van der Waals surface area contributed by atoms with E-state index in [-0.39, 0.29) is 17.7 Å². The minimum absolute atomic E-state index is 0.0670. The van der Waals surface area contributed by atoms with Gasteiger partial charge in [-0.15, -0.1) is 0 Å². The van der Waals surface area contributed by atoms with Crippen LogP contribution >= 0.6 is 0 Å². The third-order valence-electron chi connectivity index (χ3n) is 2.13. The molecule has 0 fully saturated rings. The molecule has 0 saturated heterocycles. The van der Waals surface area contributed by atoms with Crippen molar-refractivity contribution in [3.05, 3.63) is 23.3 Å². The van der Waals surface area contributed by atoms with Crippen LogP contribution in [0.15, 0.2) is 21.9 Å². The predicted molar refractivity (Wildman–Crippen MR) is 58.7 cm³/mol. The van der Waals surface area contributed by atoms with Crippen molar-refractivity contribution in [3.8, 4) is 0 Å². The first-order valence-electron chi connectivity index (χ1n) is 4.36. The summed E-state index contributed by atoms with van der Waals surface area (Å²) >= 11 is 0. The van der Waals surface area contributed by atoms with Crippen molar-refractivity contribution >= 4 is 20.2 Å². The first kappa shape index (κ1) is 14.1. The third-order valence-corrected chi connectivity index (χ3v) is 4.07. The summed E-state index contributed by atoms with van der Waals surface area (Å²) in [6.45, 7) is 1.18. The van der Waals surface area contributed by atoms with E-state index in [0.29, 0.717) is 6.07 Å². The molecule has 0 atom stereocenters. The summed E-state index contributed by atoms with van der Waals surface area (Å²) in [4.78, 5) is -1.21. The molecule has 9 heteroatoms. The van der Waals surface area contributed by atoms with Gasteiger partial charge in [0.15, 0.2) is 0 Å². The standard InChI is InChI=1S/C8H11NO6S2/c1-5-2-6(4-9)8(17(13,14)15)3-7(5)16(10,11)12/h2-3H,4,9H2,1H3,(H,10,11,12)(H,13,14,15). The number of hydrogen-bond donors (Lipinski definition) is 3. The molecule has 1 aromatic carbocycles. The van der Waals surface area contributed by atoms with Gasteiger partial charge in [0, 0.05) is 6.54 Å². The second kappa shape index (κ2) is 4.35. The van der Waals surface area contributed by atoms with Gasteiger partial charge in [-0.2, -0.15) is 16.8 Å². The van der Waals surface area contributed by atoms with Crippen LogP contribution in [0.5, 0.6) is 0 Å². The van der Waals surface area contributed by atoms with Gasteiger partial charge in [0.05, 0.1) is 9.79 Å². The Balaban J connectivity index is 3.73. The van der Waals surface area contributed by atoms with Crippen molar-refractivity contribution in [2.24, 2.45) is 5.73 Å². The first-order valence-corrected chi connectivity index (χ1v) is 7.24. The van der Waals surface area contributed by atoms with Crippen molar-refractivity contribution < 1.29 is 25.9 Å². The normalized spacial score (nSPS) is 12.7. The van der Waals surface area contributed by atoms with Crippen molar-refractivity contribution in [2.75, 3.05) is 0 Å². The Morgan fingerprint density at radius 2 is 1.53 bits per heavy atom. The Hall–Kier alpha value is -1.00. The zero-order valence-electron chi connectivity index (χ0n) is 8.78. The molecule has 1 aromatic rings. The second-order valence-corrected chi connectivity index (χ2v) is 6.16. The molecular formula is C8H11NO6S2. The molecule has 0 aliphatic heterocycles. The van der Waals surface area contributed by atoms with Gasteiger partial charge >= 0.3 is 0 Å². The Morgan fingerprint density at radius 1 is 1.06 bits per heavy atom.